The van der Waals surface area contributed by atoms with Gasteiger partial charge in [0.15, 0.2) is 0 Å². The Labute approximate surface area is 145 Å². The Kier molecular flexibility index (Phi) is 7.20. The summed E-state index contributed by atoms with van der Waals surface area (Å²) in [7, 11) is 1.62. The second kappa shape index (κ2) is 9.15. The summed E-state index contributed by atoms with van der Waals surface area (Å²) in [5.74, 6) is 0.695. The van der Waals surface area contributed by atoms with Gasteiger partial charge in [-0.3, -0.25) is 0 Å². The first kappa shape index (κ1) is 18.9. The number of benzene rings is 1. The zero-order valence-corrected chi connectivity index (χ0v) is 14.8. The van der Waals surface area contributed by atoms with Gasteiger partial charge in [-0.05, 0) is 29.5 Å². The summed E-state index contributed by atoms with van der Waals surface area (Å²) < 4.78 is 17.0. The number of hydrogen-bond acceptors (Lipinski definition) is 6. The smallest absolute Gasteiger partial charge is 0.118 e. The van der Waals surface area contributed by atoms with Crippen LogP contribution in [0.25, 0.3) is 10.4 Å². The van der Waals surface area contributed by atoms with Crippen molar-refractivity contribution in [3.8, 4) is 5.75 Å². The molecule has 5 atom stereocenters. The molecule has 2 rings (SSSR count). The molecule has 2 unspecified atom stereocenters. The Bertz CT molecular complexity index is 565. The molecule has 24 heavy (non-hydrogen) atoms. The first-order valence-electron chi connectivity index (χ1n) is 7.72. The van der Waals surface area contributed by atoms with Gasteiger partial charge in [-0.1, -0.05) is 24.2 Å². The van der Waals surface area contributed by atoms with Gasteiger partial charge in [-0.25, -0.2) is 0 Å². The topological polar surface area (TPSA) is 96.7 Å². The Hall–Kier alpha value is -1.44. The molecule has 0 saturated carbocycles. The van der Waals surface area contributed by atoms with Crippen LogP contribution in [0.4, 0.5) is 0 Å². The fourth-order valence-electron chi connectivity index (χ4n) is 2.71. The molecule has 1 N–H and O–H groups in total. The first-order valence-corrected chi connectivity index (χ1v) is 9.01. The highest BCUT2D eigenvalue weighted by molar-refractivity contribution is 7.99. The van der Waals surface area contributed by atoms with Crippen LogP contribution in [0.5, 0.6) is 5.75 Å². The summed E-state index contributed by atoms with van der Waals surface area (Å²) in [4.78, 5) is 2.78. The Morgan fingerprint density at radius 2 is 2.08 bits per heavy atom. The molecule has 132 valence electrons. The van der Waals surface area contributed by atoms with Gasteiger partial charge in [-0.2, -0.15) is 0 Å². The van der Waals surface area contributed by atoms with Crippen LogP contribution >= 0.6 is 11.8 Å². The van der Waals surface area contributed by atoms with Gasteiger partial charge >= 0.3 is 0 Å². The van der Waals surface area contributed by atoms with Gasteiger partial charge in [0, 0.05) is 10.8 Å². The van der Waals surface area contributed by atoms with Crippen molar-refractivity contribution in [2.24, 2.45) is 11.0 Å². The molecule has 1 aromatic rings. The molecule has 1 fully saturated rings. The van der Waals surface area contributed by atoms with E-state index in [1.165, 1.54) is 11.8 Å². The quantitative estimate of drug-likeness (QED) is 0.462. The number of hydrogen-bond donors (Lipinski definition) is 1. The number of methoxy groups -OCH3 is 1. The molecule has 8 heteroatoms. The second-order valence-corrected chi connectivity index (χ2v) is 6.60. The molecule has 1 aromatic carbocycles. The number of ether oxygens (including phenoxy) is 3. The third-order valence-electron chi connectivity index (χ3n) is 4.14. The Balaban J connectivity index is 2.06. The van der Waals surface area contributed by atoms with Crippen molar-refractivity contribution in [1.82, 2.24) is 0 Å². The van der Waals surface area contributed by atoms with E-state index in [-0.39, 0.29) is 17.9 Å². The molecule has 1 aliphatic rings. The van der Waals surface area contributed by atoms with Crippen molar-refractivity contribution < 1.29 is 19.3 Å². The molecule has 0 amide bonds. The van der Waals surface area contributed by atoms with E-state index in [0.717, 1.165) is 11.3 Å². The predicted octanol–water partition coefficient (Wildman–Crippen LogP) is 2.98. The lowest BCUT2D eigenvalue weighted by molar-refractivity contribution is -0.191. The minimum absolute atomic E-state index is 0.0804. The lowest BCUT2D eigenvalue weighted by Crippen LogP contribution is -2.54. The molecule has 0 bridgehead atoms. The van der Waals surface area contributed by atoms with E-state index < -0.39 is 18.3 Å². The molecule has 0 spiro atoms. The van der Waals surface area contributed by atoms with Gasteiger partial charge in [0.2, 0.25) is 0 Å². The average Bonchev–Trinajstić information content (AvgIpc) is 2.62. The molecule has 1 aliphatic heterocycles. The zero-order chi connectivity index (χ0) is 17.5. The number of rotatable bonds is 7. The van der Waals surface area contributed by atoms with Gasteiger partial charge in [0.1, 0.15) is 17.3 Å². The Morgan fingerprint density at radius 1 is 1.38 bits per heavy atom. The van der Waals surface area contributed by atoms with Gasteiger partial charge in [-0.15, -0.1) is 11.8 Å². The van der Waals surface area contributed by atoms with E-state index in [9.17, 15) is 5.11 Å². The van der Waals surface area contributed by atoms with E-state index in [1.54, 1.807) is 7.11 Å². The predicted molar refractivity (Wildman–Crippen MR) is 92.9 cm³/mol. The molecular weight excluding hydrogens is 330 g/mol. The Morgan fingerprint density at radius 3 is 2.67 bits per heavy atom. The van der Waals surface area contributed by atoms with E-state index >= 15 is 0 Å². The maximum absolute atomic E-state index is 10.6. The number of aliphatic hydroxyl groups excluding tert-OH is 1. The van der Waals surface area contributed by atoms with Crippen LogP contribution in [-0.2, 0) is 16.1 Å². The van der Waals surface area contributed by atoms with Crippen LogP contribution in [0, 0.1) is 5.92 Å². The van der Waals surface area contributed by atoms with Crippen molar-refractivity contribution in [2.75, 3.05) is 19.9 Å². The summed E-state index contributed by atoms with van der Waals surface area (Å²) in [5, 5.41) is 14.2. The van der Waals surface area contributed by atoms with Crippen LogP contribution in [0.1, 0.15) is 12.5 Å². The molecule has 1 saturated heterocycles. The standard InChI is InChI=1S/C16H23N3O4S/c1-10-14(20)15(13(8-18-19-17)23-16(10)24-3)22-9-11-4-6-12(21-2)7-5-11/h4-7,10,13-16,20H,8-9H2,1-3H3/t10?,13?,14-,15+,16+/m1/s1. The highest BCUT2D eigenvalue weighted by atomic mass is 32.2. The molecule has 0 aliphatic carbocycles. The number of thioether (sulfide) groups is 1. The average molecular weight is 353 g/mol. The molecule has 0 aromatic heterocycles. The normalized spacial score (nSPS) is 29.8. The van der Waals surface area contributed by atoms with Crippen LogP contribution < -0.4 is 4.74 Å². The summed E-state index contributed by atoms with van der Waals surface area (Å²) in [5.41, 5.74) is 9.37. The van der Waals surface area contributed by atoms with E-state index in [1.807, 2.05) is 37.4 Å². The van der Waals surface area contributed by atoms with E-state index in [0.29, 0.717) is 6.61 Å². The van der Waals surface area contributed by atoms with Crippen molar-refractivity contribution in [3.63, 3.8) is 0 Å². The van der Waals surface area contributed by atoms with Crippen LogP contribution in [0.3, 0.4) is 0 Å². The van der Waals surface area contributed by atoms with Gasteiger partial charge < -0.3 is 19.3 Å². The highest BCUT2D eigenvalue weighted by Crippen LogP contribution is 2.33. The van der Waals surface area contributed by atoms with E-state index in [2.05, 4.69) is 10.0 Å². The van der Waals surface area contributed by atoms with E-state index in [4.69, 9.17) is 19.7 Å². The SMILES string of the molecule is COc1ccc(CO[C@H]2C(CN=[N+]=[N-])O[C@@H](SC)C(C)[C@H]2O)cc1. The van der Waals surface area contributed by atoms with Gasteiger partial charge in [0.05, 0.1) is 32.5 Å². The summed E-state index contributed by atoms with van der Waals surface area (Å²) >= 11 is 1.53. The van der Waals surface area contributed by atoms with Crippen LogP contribution in [-0.4, -0.2) is 48.8 Å². The third-order valence-corrected chi connectivity index (χ3v) is 5.14. The maximum atomic E-state index is 10.6. The minimum atomic E-state index is -0.687. The molecule has 0 radical (unpaired) electrons. The number of nitrogens with zero attached hydrogens (tertiary/aromatic N) is 3. The molecule has 1 heterocycles. The van der Waals surface area contributed by atoms with Crippen LogP contribution in [0.2, 0.25) is 0 Å². The number of azide groups is 1. The maximum Gasteiger partial charge on any atom is 0.118 e. The third kappa shape index (κ3) is 4.55. The lowest BCUT2D eigenvalue weighted by atomic mass is 9.93. The van der Waals surface area contributed by atoms with Crippen molar-refractivity contribution >= 4 is 11.8 Å². The lowest BCUT2D eigenvalue weighted by Gasteiger charge is -2.42. The highest BCUT2D eigenvalue weighted by Gasteiger charge is 2.43. The van der Waals surface area contributed by atoms with Gasteiger partial charge in [0.25, 0.3) is 0 Å². The summed E-state index contributed by atoms with van der Waals surface area (Å²) in [6, 6.07) is 7.53. The van der Waals surface area contributed by atoms with Crippen molar-refractivity contribution in [3.05, 3.63) is 40.3 Å². The monoisotopic (exact) mass is 353 g/mol. The molecular formula is C16H23N3O4S. The number of aliphatic hydroxyl groups is 1. The fraction of sp³-hybridized carbons (Fsp3) is 0.625. The fourth-order valence-corrected chi connectivity index (χ4v) is 3.55. The van der Waals surface area contributed by atoms with Crippen molar-refractivity contribution in [2.45, 2.75) is 37.3 Å². The minimum Gasteiger partial charge on any atom is -0.497 e. The zero-order valence-electron chi connectivity index (χ0n) is 14.0. The largest absolute Gasteiger partial charge is 0.497 e. The van der Waals surface area contributed by atoms with Crippen molar-refractivity contribution in [1.29, 1.82) is 0 Å². The first-order chi connectivity index (χ1) is 11.6. The molecule has 7 nitrogen and oxygen atoms in total. The summed E-state index contributed by atoms with van der Waals surface area (Å²) in [6.45, 7) is 2.39. The second-order valence-electron chi connectivity index (χ2n) is 5.67. The summed E-state index contributed by atoms with van der Waals surface area (Å²) in [6.07, 6.45) is 0.226. The van der Waals surface area contributed by atoms with Crippen LogP contribution in [0.15, 0.2) is 29.4 Å².